The SMILES string of the molecule is CCC(C)C(N)C(=O)Nc1ccc(CN2CCCC(C(N)=O)C2)cc1. The molecule has 138 valence electrons. The molecule has 0 aliphatic carbocycles. The number of primary amides is 1. The van der Waals surface area contributed by atoms with Gasteiger partial charge in [-0.1, -0.05) is 32.4 Å². The Balaban J connectivity index is 1.89. The number of piperidine rings is 1. The standard InChI is InChI=1S/C19H30N4O2/c1-3-13(2)17(20)19(25)22-16-8-6-14(7-9-16)11-23-10-4-5-15(12-23)18(21)24/h6-9,13,15,17H,3-5,10-12,20H2,1-2H3,(H2,21,24)(H,22,25). The lowest BCUT2D eigenvalue weighted by Gasteiger charge is -2.31. The van der Waals surface area contributed by atoms with Gasteiger partial charge in [0.2, 0.25) is 11.8 Å². The van der Waals surface area contributed by atoms with E-state index in [1.807, 2.05) is 38.1 Å². The molecule has 1 heterocycles. The maximum Gasteiger partial charge on any atom is 0.241 e. The smallest absolute Gasteiger partial charge is 0.241 e. The second-order valence-electron chi connectivity index (χ2n) is 7.07. The molecule has 1 aliphatic heterocycles. The van der Waals surface area contributed by atoms with Crippen molar-refractivity contribution in [2.24, 2.45) is 23.3 Å². The molecule has 1 fully saturated rings. The summed E-state index contributed by atoms with van der Waals surface area (Å²) >= 11 is 0. The number of carbonyl (C=O) groups excluding carboxylic acids is 2. The van der Waals surface area contributed by atoms with Crippen molar-refractivity contribution >= 4 is 17.5 Å². The predicted octanol–water partition coefficient (Wildman–Crippen LogP) is 1.70. The third kappa shape index (κ3) is 5.54. The zero-order valence-electron chi connectivity index (χ0n) is 15.2. The van der Waals surface area contributed by atoms with Gasteiger partial charge in [-0.05, 0) is 43.0 Å². The van der Waals surface area contributed by atoms with Gasteiger partial charge in [-0.3, -0.25) is 14.5 Å². The lowest BCUT2D eigenvalue weighted by atomic mass is 9.97. The van der Waals surface area contributed by atoms with Gasteiger partial charge in [-0.2, -0.15) is 0 Å². The monoisotopic (exact) mass is 346 g/mol. The van der Waals surface area contributed by atoms with Crippen LogP contribution in [0.1, 0.15) is 38.7 Å². The normalized spacial score (nSPS) is 20.7. The highest BCUT2D eigenvalue weighted by molar-refractivity contribution is 5.94. The van der Waals surface area contributed by atoms with Gasteiger partial charge in [-0.15, -0.1) is 0 Å². The predicted molar refractivity (Wildman–Crippen MR) is 99.7 cm³/mol. The molecule has 3 unspecified atom stereocenters. The molecule has 3 atom stereocenters. The van der Waals surface area contributed by atoms with Gasteiger partial charge < -0.3 is 16.8 Å². The summed E-state index contributed by atoms with van der Waals surface area (Å²) in [5.41, 5.74) is 13.3. The van der Waals surface area contributed by atoms with E-state index in [4.69, 9.17) is 11.5 Å². The van der Waals surface area contributed by atoms with Crippen LogP contribution in [-0.2, 0) is 16.1 Å². The third-order valence-electron chi connectivity index (χ3n) is 5.10. The van der Waals surface area contributed by atoms with Crippen LogP contribution < -0.4 is 16.8 Å². The molecular formula is C19H30N4O2. The van der Waals surface area contributed by atoms with Gasteiger partial charge in [0.05, 0.1) is 12.0 Å². The van der Waals surface area contributed by atoms with Crippen molar-refractivity contribution in [3.63, 3.8) is 0 Å². The Bertz CT molecular complexity index is 588. The first-order chi connectivity index (χ1) is 11.9. The van der Waals surface area contributed by atoms with Gasteiger partial charge in [0.25, 0.3) is 0 Å². The van der Waals surface area contributed by atoms with Crippen LogP contribution in [0.2, 0.25) is 0 Å². The number of hydrogen-bond acceptors (Lipinski definition) is 4. The first kappa shape index (κ1) is 19.4. The second kappa shape index (κ2) is 8.97. The van der Waals surface area contributed by atoms with Crippen LogP contribution in [0.5, 0.6) is 0 Å². The van der Waals surface area contributed by atoms with E-state index in [0.29, 0.717) is 0 Å². The highest BCUT2D eigenvalue weighted by Gasteiger charge is 2.24. The second-order valence-corrected chi connectivity index (χ2v) is 7.07. The summed E-state index contributed by atoms with van der Waals surface area (Å²) in [4.78, 5) is 25.8. The number of hydrogen-bond donors (Lipinski definition) is 3. The van der Waals surface area contributed by atoms with Gasteiger partial charge in [0.1, 0.15) is 0 Å². The van der Waals surface area contributed by atoms with Crippen molar-refractivity contribution in [1.29, 1.82) is 0 Å². The lowest BCUT2D eigenvalue weighted by Crippen LogP contribution is -2.40. The molecule has 1 aliphatic rings. The van der Waals surface area contributed by atoms with Crippen molar-refractivity contribution in [3.8, 4) is 0 Å². The summed E-state index contributed by atoms with van der Waals surface area (Å²) in [5, 5.41) is 2.87. The lowest BCUT2D eigenvalue weighted by molar-refractivity contribution is -0.123. The van der Waals surface area contributed by atoms with E-state index in [-0.39, 0.29) is 23.7 Å². The molecule has 5 N–H and O–H groups in total. The molecule has 6 nitrogen and oxygen atoms in total. The first-order valence-corrected chi connectivity index (χ1v) is 9.07. The van der Waals surface area contributed by atoms with Crippen LogP contribution in [0.4, 0.5) is 5.69 Å². The number of benzene rings is 1. The molecule has 25 heavy (non-hydrogen) atoms. The Morgan fingerprint density at radius 2 is 2.00 bits per heavy atom. The summed E-state index contributed by atoms with van der Waals surface area (Å²) in [5.74, 6) is -0.256. The van der Waals surface area contributed by atoms with E-state index < -0.39 is 6.04 Å². The van der Waals surface area contributed by atoms with Gasteiger partial charge >= 0.3 is 0 Å². The van der Waals surface area contributed by atoms with Crippen LogP contribution >= 0.6 is 0 Å². The molecule has 2 rings (SSSR count). The molecule has 1 aromatic carbocycles. The molecule has 2 amide bonds. The van der Waals surface area contributed by atoms with E-state index in [2.05, 4.69) is 10.2 Å². The fourth-order valence-electron chi connectivity index (χ4n) is 3.12. The van der Waals surface area contributed by atoms with E-state index in [9.17, 15) is 9.59 Å². The molecule has 0 radical (unpaired) electrons. The Morgan fingerprint density at radius 1 is 1.32 bits per heavy atom. The Morgan fingerprint density at radius 3 is 2.60 bits per heavy atom. The average Bonchev–Trinajstić information content (AvgIpc) is 2.62. The van der Waals surface area contributed by atoms with Crippen molar-refractivity contribution in [3.05, 3.63) is 29.8 Å². The highest BCUT2D eigenvalue weighted by Crippen LogP contribution is 2.19. The van der Waals surface area contributed by atoms with Gasteiger partial charge in [0.15, 0.2) is 0 Å². The summed E-state index contributed by atoms with van der Waals surface area (Å²) < 4.78 is 0. The molecule has 0 bridgehead atoms. The van der Waals surface area contributed by atoms with Crippen LogP contribution in [0.3, 0.4) is 0 Å². The number of nitrogens with two attached hydrogens (primary N) is 2. The number of likely N-dealkylation sites (tertiary alicyclic amines) is 1. The van der Waals surface area contributed by atoms with Crippen molar-refractivity contribution in [2.45, 2.75) is 45.7 Å². The number of nitrogens with one attached hydrogen (secondary N) is 1. The zero-order chi connectivity index (χ0) is 18.4. The van der Waals surface area contributed by atoms with Crippen molar-refractivity contribution in [2.75, 3.05) is 18.4 Å². The molecule has 0 saturated carbocycles. The Hall–Kier alpha value is -1.92. The van der Waals surface area contributed by atoms with Crippen molar-refractivity contribution in [1.82, 2.24) is 4.90 Å². The number of nitrogens with zero attached hydrogens (tertiary/aromatic N) is 1. The first-order valence-electron chi connectivity index (χ1n) is 9.07. The van der Waals surface area contributed by atoms with E-state index >= 15 is 0 Å². The fourth-order valence-corrected chi connectivity index (χ4v) is 3.12. The average molecular weight is 346 g/mol. The molecule has 1 saturated heterocycles. The van der Waals surface area contributed by atoms with Crippen molar-refractivity contribution < 1.29 is 9.59 Å². The highest BCUT2D eigenvalue weighted by atomic mass is 16.2. The van der Waals surface area contributed by atoms with Crippen LogP contribution in [-0.4, -0.2) is 35.8 Å². The van der Waals surface area contributed by atoms with E-state index in [1.165, 1.54) is 0 Å². The summed E-state index contributed by atoms with van der Waals surface area (Å²) in [6, 6.07) is 7.29. The molecule has 0 spiro atoms. The number of carbonyl (C=O) groups is 2. The fraction of sp³-hybridized carbons (Fsp3) is 0.579. The maximum atomic E-state index is 12.1. The Labute approximate surface area is 149 Å². The zero-order valence-corrected chi connectivity index (χ0v) is 15.2. The minimum atomic E-state index is -0.497. The summed E-state index contributed by atoms with van der Waals surface area (Å²) in [6.07, 6.45) is 2.75. The summed E-state index contributed by atoms with van der Waals surface area (Å²) in [6.45, 7) is 6.48. The molecule has 0 aromatic heterocycles. The number of amides is 2. The quantitative estimate of drug-likeness (QED) is 0.699. The Kier molecular flexibility index (Phi) is 6.96. The topological polar surface area (TPSA) is 101 Å². The van der Waals surface area contributed by atoms with Gasteiger partial charge in [-0.25, -0.2) is 0 Å². The summed E-state index contributed by atoms with van der Waals surface area (Å²) in [7, 11) is 0. The minimum absolute atomic E-state index is 0.0469. The minimum Gasteiger partial charge on any atom is -0.369 e. The maximum absolute atomic E-state index is 12.1. The van der Waals surface area contributed by atoms with Gasteiger partial charge in [0, 0.05) is 18.8 Å². The van der Waals surface area contributed by atoms with E-state index in [0.717, 1.165) is 50.1 Å². The molecular weight excluding hydrogens is 316 g/mol. The number of anilines is 1. The number of rotatable bonds is 7. The van der Waals surface area contributed by atoms with E-state index in [1.54, 1.807) is 0 Å². The molecule has 6 heteroatoms. The van der Waals surface area contributed by atoms with Crippen LogP contribution in [0.15, 0.2) is 24.3 Å². The third-order valence-corrected chi connectivity index (χ3v) is 5.10. The largest absolute Gasteiger partial charge is 0.369 e. The van der Waals surface area contributed by atoms with Crippen LogP contribution in [0, 0.1) is 11.8 Å². The van der Waals surface area contributed by atoms with Crippen LogP contribution in [0.25, 0.3) is 0 Å². The molecule has 1 aromatic rings.